The highest BCUT2D eigenvalue weighted by Crippen LogP contribution is 2.26. The van der Waals surface area contributed by atoms with Crippen LogP contribution in [-0.2, 0) is 19.1 Å². The molecule has 1 saturated heterocycles. The van der Waals surface area contributed by atoms with E-state index < -0.39 is 12.1 Å². The molecule has 1 amide bonds. The van der Waals surface area contributed by atoms with Crippen molar-refractivity contribution in [3.05, 3.63) is 0 Å². The van der Waals surface area contributed by atoms with E-state index in [1.807, 2.05) is 0 Å². The molecule has 3 unspecified atom stereocenters. The molecule has 0 aromatic rings. The Kier molecular flexibility index (Phi) is 5.37. The molecule has 0 aromatic carbocycles. The van der Waals surface area contributed by atoms with Crippen molar-refractivity contribution in [1.29, 1.82) is 0 Å². The quantitative estimate of drug-likeness (QED) is 0.830. The summed E-state index contributed by atoms with van der Waals surface area (Å²) in [4.78, 5) is 24.5. The van der Waals surface area contributed by atoms with E-state index in [9.17, 15) is 9.59 Å². The molecule has 3 atom stereocenters. The van der Waals surface area contributed by atoms with E-state index >= 15 is 0 Å². The van der Waals surface area contributed by atoms with Gasteiger partial charge < -0.3 is 19.5 Å². The molecule has 0 bridgehead atoms. The molecule has 0 spiro atoms. The highest BCUT2D eigenvalue weighted by atomic mass is 16.5. The Morgan fingerprint density at radius 3 is 2.80 bits per heavy atom. The zero-order valence-corrected chi connectivity index (χ0v) is 11.9. The molecule has 1 aliphatic carbocycles. The van der Waals surface area contributed by atoms with Crippen LogP contribution in [0.4, 0.5) is 0 Å². The molecule has 2 aliphatic rings. The topological polar surface area (TPSA) is 76.1 Å². The molecule has 1 N–H and O–H groups in total. The lowest BCUT2D eigenvalue weighted by Crippen LogP contribution is -2.50. The van der Waals surface area contributed by atoms with E-state index in [-0.39, 0.29) is 31.8 Å². The normalized spacial score (nSPS) is 31.1. The lowest BCUT2D eigenvalue weighted by atomic mass is 9.88. The number of aliphatic carboxylic acids is 1. The van der Waals surface area contributed by atoms with Gasteiger partial charge in [-0.15, -0.1) is 0 Å². The van der Waals surface area contributed by atoms with Gasteiger partial charge in [-0.3, -0.25) is 4.79 Å². The Hall–Kier alpha value is -1.14. The summed E-state index contributed by atoms with van der Waals surface area (Å²) < 4.78 is 10.8. The van der Waals surface area contributed by atoms with Crippen LogP contribution in [0.5, 0.6) is 0 Å². The first-order valence-corrected chi connectivity index (χ1v) is 7.31. The zero-order chi connectivity index (χ0) is 14.5. The molecule has 0 aromatic heterocycles. The summed E-state index contributed by atoms with van der Waals surface area (Å²) in [5.41, 5.74) is 0. The second-order valence-corrected chi connectivity index (χ2v) is 5.65. The first-order chi connectivity index (χ1) is 9.58. The van der Waals surface area contributed by atoms with Crippen molar-refractivity contribution in [1.82, 2.24) is 4.90 Å². The SMILES string of the molecule is CC1CCCCC1OCC(=O)N1CCOC(C(=O)O)C1. The molecule has 6 nitrogen and oxygen atoms in total. The summed E-state index contributed by atoms with van der Waals surface area (Å²) in [6.45, 7) is 3.01. The van der Waals surface area contributed by atoms with Gasteiger partial charge in [0, 0.05) is 6.54 Å². The van der Waals surface area contributed by atoms with Crippen molar-refractivity contribution in [2.45, 2.75) is 44.8 Å². The van der Waals surface area contributed by atoms with Crippen molar-refractivity contribution >= 4 is 11.9 Å². The Morgan fingerprint density at radius 1 is 1.35 bits per heavy atom. The third-order valence-corrected chi connectivity index (χ3v) is 4.15. The molecule has 2 rings (SSSR count). The van der Waals surface area contributed by atoms with Crippen molar-refractivity contribution < 1.29 is 24.2 Å². The zero-order valence-electron chi connectivity index (χ0n) is 11.9. The molecule has 0 radical (unpaired) electrons. The van der Waals surface area contributed by atoms with E-state index in [1.165, 1.54) is 11.3 Å². The maximum absolute atomic E-state index is 12.1. The first kappa shape index (κ1) is 15.3. The largest absolute Gasteiger partial charge is 0.479 e. The smallest absolute Gasteiger partial charge is 0.334 e. The van der Waals surface area contributed by atoms with Crippen LogP contribution >= 0.6 is 0 Å². The fourth-order valence-electron chi connectivity index (χ4n) is 2.82. The second kappa shape index (κ2) is 7.04. The number of hydrogen-bond donors (Lipinski definition) is 1. The van der Waals surface area contributed by atoms with E-state index in [0.29, 0.717) is 12.5 Å². The summed E-state index contributed by atoms with van der Waals surface area (Å²) in [5, 5.41) is 8.91. The van der Waals surface area contributed by atoms with Crippen LogP contribution in [0.2, 0.25) is 0 Å². The average Bonchev–Trinajstić information content (AvgIpc) is 2.46. The molecule has 20 heavy (non-hydrogen) atoms. The number of amides is 1. The molecule has 2 fully saturated rings. The van der Waals surface area contributed by atoms with Crippen molar-refractivity contribution in [2.75, 3.05) is 26.3 Å². The fourth-order valence-corrected chi connectivity index (χ4v) is 2.82. The molecular weight excluding hydrogens is 262 g/mol. The standard InChI is InChI=1S/C14H23NO5/c1-10-4-2-3-5-11(10)20-9-13(16)15-6-7-19-12(8-15)14(17)18/h10-12H,2-9H2,1H3,(H,17,18). The van der Waals surface area contributed by atoms with E-state index in [0.717, 1.165) is 19.3 Å². The van der Waals surface area contributed by atoms with E-state index in [4.69, 9.17) is 14.6 Å². The Balaban J connectivity index is 1.77. The minimum atomic E-state index is -1.02. The summed E-state index contributed by atoms with van der Waals surface area (Å²) in [6.07, 6.45) is 3.79. The lowest BCUT2D eigenvalue weighted by Gasteiger charge is -2.32. The summed E-state index contributed by atoms with van der Waals surface area (Å²) in [6, 6.07) is 0. The van der Waals surface area contributed by atoms with Crippen molar-refractivity contribution in [3.63, 3.8) is 0 Å². The number of carbonyl (C=O) groups excluding carboxylic acids is 1. The molecular formula is C14H23NO5. The lowest BCUT2D eigenvalue weighted by molar-refractivity contribution is -0.161. The van der Waals surface area contributed by atoms with Gasteiger partial charge in [0.05, 0.1) is 19.3 Å². The Labute approximate surface area is 119 Å². The number of ether oxygens (including phenoxy) is 2. The predicted molar refractivity (Wildman–Crippen MR) is 71.3 cm³/mol. The number of carboxylic acids is 1. The predicted octanol–water partition coefficient (Wildman–Crippen LogP) is 0.894. The molecule has 1 aliphatic heterocycles. The highest BCUT2D eigenvalue weighted by Gasteiger charge is 2.30. The highest BCUT2D eigenvalue weighted by molar-refractivity contribution is 5.79. The van der Waals surface area contributed by atoms with Gasteiger partial charge >= 0.3 is 5.97 Å². The van der Waals surface area contributed by atoms with Crippen LogP contribution in [0.15, 0.2) is 0 Å². The van der Waals surface area contributed by atoms with Gasteiger partial charge in [-0.05, 0) is 18.8 Å². The minimum absolute atomic E-state index is 0.0430. The maximum atomic E-state index is 12.1. The molecule has 114 valence electrons. The summed E-state index contributed by atoms with van der Waals surface area (Å²) in [5.74, 6) is -0.672. The fraction of sp³-hybridized carbons (Fsp3) is 0.857. The van der Waals surface area contributed by atoms with Gasteiger partial charge in [-0.2, -0.15) is 0 Å². The number of rotatable bonds is 4. The number of carbonyl (C=O) groups is 2. The monoisotopic (exact) mass is 285 g/mol. The maximum Gasteiger partial charge on any atom is 0.334 e. The van der Waals surface area contributed by atoms with Gasteiger partial charge in [-0.1, -0.05) is 19.8 Å². The van der Waals surface area contributed by atoms with Gasteiger partial charge in [0.2, 0.25) is 5.91 Å². The van der Waals surface area contributed by atoms with E-state index in [1.54, 1.807) is 0 Å². The van der Waals surface area contributed by atoms with Gasteiger partial charge in [0.1, 0.15) is 6.61 Å². The van der Waals surface area contributed by atoms with Crippen LogP contribution in [0, 0.1) is 5.92 Å². The average molecular weight is 285 g/mol. The Bertz CT molecular complexity index is 359. The number of morpholine rings is 1. The van der Waals surface area contributed by atoms with Crippen LogP contribution < -0.4 is 0 Å². The van der Waals surface area contributed by atoms with Crippen LogP contribution in [0.3, 0.4) is 0 Å². The number of carboxylic acid groups (broad SMARTS) is 1. The summed E-state index contributed by atoms with van der Waals surface area (Å²) >= 11 is 0. The third kappa shape index (κ3) is 3.93. The Morgan fingerprint density at radius 2 is 2.10 bits per heavy atom. The van der Waals surface area contributed by atoms with Crippen LogP contribution in [-0.4, -0.2) is 60.4 Å². The van der Waals surface area contributed by atoms with Gasteiger partial charge in [0.15, 0.2) is 6.10 Å². The van der Waals surface area contributed by atoms with Gasteiger partial charge in [-0.25, -0.2) is 4.79 Å². The second-order valence-electron chi connectivity index (χ2n) is 5.65. The molecule has 1 saturated carbocycles. The number of hydrogen-bond acceptors (Lipinski definition) is 4. The van der Waals surface area contributed by atoms with E-state index in [2.05, 4.69) is 6.92 Å². The van der Waals surface area contributed by atoms with Gasteiger partial charge in [0.25, 0.3) is 0 Å². The van der Waals surface area contributed by atoms with Crippen LogP contribution in [0.25, 0.3) is 0 Å². The molecule has 6 heteroatoms. The van der Waals surface area contributed by atoms with Crippen molar-refractivity contribution in [3.8, 4) is 0 Å². The van der Waals surface area contributed by atoms with Crippen LogP contribution in [0.1, 0.15) is 32.6 Å². The summed E-state index contributed by atoms with van der Waals surface area (Å²) in [7, 11) is 0. The number of nitrogens with zero attached hydrogens (tertiary/aromatic N) is 1. The minimum Gasteiger partial charge on any atom is -0.479 e. The first-order valence-electron chi connectivity index (χ1n) is 7.31. The molecule has 1 heterocycles. The van der Waals surface area contributed by atoms with Crippen molar-refractivity contribution in [2.24, 2.45) is 5.92 Å². The third-order valence-electron chi connectivity index (χ3n) is 4.15.